The van der Waals surface area contributed by atoms with E-state index in [1.165, 1.54) is 0 Å². The molecule has 1 aromatic carbocycles. The first-order chi connectivity index (χ1) is 13.1. The second-order valence-corrected chi connectivity index (χ2v) is 7.81. The summed E-state index contributed by atoms with van der Waals surface area (Å²) in [6.07, 6.45) is 1.89. The number of hydrogen-bond acceptors (Lipinski definition) is 4. The second kappa shape index (κ2) is 9.04. The highest BCUT2D eigenvalue weighted by atomic mass is 35.5. The van der Waals surface area contributed by atoms with Gasteiger partial charge in [0, 0.05) is 38.3 Å². The second-order valence-electron chi connectivity index (χ2n) is 7.40. The fraction of sp³-hybridized carbons (Fsp3) is 0.600. The Morgan fingerprint density at radius 1 is 1.11 bits per heavy atom. The number of carbonyl (C=O) groups is 2. The Morgan fingerprint density at radius 2 is 1.74 bits per heavy atom. The van der Waals surface area contributed by atoms with Gasteiger partial charge in [-0.15, -0.1) is 0 Å². The predicted octanol–water partition coefficient (Wildman–Crippen LogP) is 1.57. The summed E-state index contributed by atoms with van der Waals surface area (Å²) < 4.78 is 5.38. The normalized spacial score (nSPS) is 19.8. The fourth-order valence-electron chi connectivity index (χ4n) is 4.01. The zero-order chi connectivity index (χ0) is 19.3. The van der Waals surface area contributed by atoms with Crippen molar-refractivity contribution in [1.82, 2.24) is 15.1 Å². The third kappa shape index (κ3) is 4.62. The summed E-state index contributed by atoms with van der Waals surface area (Å²) in [7, 11) is 1.66. The van der Waals surface area contributed by atoms with Crippen LogP contribution >= 0.6 is 11.6 Å². The molecule has 0 bridgehead atoms. The zero-order valence-electron chi connectivity index (χ0n) is 15.9. The van der Waals surface area contributed by atoms with Gasteiger partial charge in [-0.1, -0.05) is 29.8 Å². The first-order valence-electron chi connectivity index (χ1n) is 9.56. The van der Waals surface area contributed by atoms with E-state index in [-0.39, 0.29) is 11.8 Å². The van der Waals surface area contributed by atoms with E-state index in [1.807, 2.05) is 28.0 Å². The van der Waals surface area contributed by atoms with E-state index in [9.17, 15) is 9.59 Å². The molecule has 148 valence electrons. The molecule has 0 aliphatic carbocycles. The van der Waals surface area contributed by atoms with Crippen molar-refractivity contribution in [3.8, 4) is 0 Å². The standard InChI is InChI=1S/C20H28ClN3O3/c1-27-15-20(6-8-22-9-7-20)19(26)24-12-10-23(11-13-24)18(25)14-16-4-2-3-5-17(16)21/h2-5,22H,6-15H2,1H3. The molecule has 0 radical (unpaired) electrons. The molecule has 7 heteroatoms. The van der Waals surface area contributed by atoms with Gasteiger partial charge < -0.3 is 19.9 Å². The molecule has 1 aromatic rings. The number of benzene rings is 1. The average molecular weight is 394 g/mol. The number of piperidine rings is 1. The third-order valence-corrected chi connectivity index (χ3v) is 6.02. The Morgan fingerprint density at radius 3 is 2.37 bits per heavy atom. The number of carbonyl (C=O) groups excluding carboxylic acids is 2. The van der Waals surface area contributed by atoms with E-state index in [2.05, 4.69) is 5.32 Å². The van der Waals surface area contributed by atoms with E-state index in [1.54, 1.807) is 13.2 Å². The van der Waals surface area contributed by atoms with Crippen molar-refractivity contribution in [2.45, 2.75) is 19.3 Å². The largest absolute Gasteiger partial charge is 0.384 e. The summed E-state index contributed by atoms with van der Waals surface area (Å²) >= 11 is 6.16. The molecule has 6 nitrogen and oxygen atoms in total. The van der Waals surface area contributed by atoms with Crippen LogP contribution in [0, 0.1) is 5.41 Å². The number of ether oxygens (including phenoxy) is 1. The van der Waals surface area contributed by atoms with Crippen molar-refractivity contribution in [3.05, 3.63) is 34.9 Å². The van der Waals surface area contributed by atoms with Gasteiger partial charge in [-0.05, 0) is 37.6 Å². The molecule has 3 rings (SSSR count). The van der Waals surface area contributed by atoms with E-state index < -0.39 is 5.41 Å². The van der Waals surface area contributed by atoms with Crippen molar-refractivity contribution in [2.24, 2.45) is 5.41 Å². The zero-order valence-corrected chi connectivity index (χ0v) is 16.6. The monoisotopic (exact) mass is 393 g/mol. The number of piperazine rings is 1. The Bertz CT molecular complexity index is 663. The van der Waals surface area contributed by atoms with Crippen LogP contribution in [-0.2, 0) is 20.7 Å². The van der Waals surface area contributed by atoms with Crippen LogP contribution < -0.4 is 5.32 Å². The minimum Gasteiger partial charge on any atom is -0.384 e. The molecule has 2 aliphatic rings. The predicted molar refractivity (Wildman–Crippen MR) is 105 cm³/mol. The Labute approximate surface area is 165 Å². The molecule has 27 heavy (non-hydrogen) atoms. The SMILES string of the molecule is COCC1(C(=O)N2CCN(C(=O)Cc3ccccc3Cl)CC2)CCNCC1. The highest BCUT2D eigenvalue weighted by molar-refractivity contribution is 6.31. The van der Waals surface area contributed by atoms with Gasteiger partial charge in [0.15, 0.2) is 0 Å². The van der Waals surface area contributed by atoms with E-state index in [0.29, 0.717) is 44.2 Å². The third-order valence-electron chi connectivity index (χ3n) is 5.65. The van der Waals surface area contributed by atoms with Crippen LogP contribution in [-0.4, -0.2) is 74.6 Å². The maximum atomic E-state index is 13.2. The first kappa shape index (κ1) is 20.1. The van der Waals surface area contributed by atoms with E-state index >= 15 is 0 Å². The van der Waals surface area contributed by atoms with Crippen molar-refractivity contribution in [2.75, 3.05) is 53.0 Å². The number of nitrogens with zero attached hydrogens (tertiary/aromatic N) is 2. The van der Waals surface area contributed by atoms with Gasteiger partial charge in [0.05, 0.1) is 18.4 Å². The minimum atomic E-state index is -0.427. The lowest BCUT2D eigenvalue weighted by atomic mass is 9.78. The maximum Gasteiger partial charge on any atom is 0.231 e. The number of hydrogen-bond donors (Lipinski definition) is 1. The highest BCUT2D eigenvalue weighted by Crippen LogP contribution is 2.32. The van der Waals surface area contributed by atoms with Crippen LogP contribution in [0.4, 0.5) is 0 Å². The Balaban J connectivity index is 1.57. The summed E-state index contributed by atoms with van der Waals surface area (Å²) in [6, 6.07) is 7.43. The lowest BCUT2D eigenvalue weighted by Gasteiger charge is -2.42. The average Bonchev–Trinajstić information content (AvgIpc) is 2.70. The lowest BCUT2D eigenvalue weighted by molar-refractivity contribution is -0.151. The molecule has 0 atom stereocenters. The molecule has 0 saturated carbocycles. The number of nitrogens with one attached hydrogen (secondary N) is 1. The van der Waals surface area contributed by atoms with Gasteiger partial charge >= 0.3 is 0 Å². The summed E-state index contributed by atoms with van der Waals surface area (Å²) in [5, 5.41) is 3.93. The van der Waals surface area contributed by atoms with Gasteiger partial charge in [0.2, 0.25) is 11.8 Å². The molecule has 2 fully saturated rings. The van der Waals surface area contributed by atoms with Gasteiger partial charge in [-0.3, -0.25) is 9.59 Å². The summed E-state index contributed by atoms with van der Waals surface area (Å²) in [6.45, 7) is 4.42. The molecular formula is C20H28ClN3O3. The molecule has 0 aromatic heterocycles. The minimum absolute atomic E-state index is 0.0590. The van der Waals surface area contributed by atoms with Crippen molar-refractivity contribution in [3.63, 3.8) is 0 Å². The number of methoxy groups -OCH3 is 1. The van der Waals surface area contributed by atoms with Gasteiger partial charge in [-0.25, -0.2) is 0 Å². The maximum absolute atomic E-state index is 13.2. The summed E-state index contributed by atoms with van der Waals surface area (Å²) in [5.74, 6) is 0.229. The lowest BCUT2D eigenvalue weighted by Crippen LogP contribution is -2.57. The van der Waals surface area contributed by atoms with Crippen molar-refractivity contribution < 1.29 is 14.3 Å². The smallest absolute Gasteiger partial charge is 0.231 e. The Hall–Kier alpha value is -1.63. The van der Waals surface area contributed by atoms with Crippen LogP contribution in [0.25, 0.3) is 0 Å². The molecule has 1 N–H and O–H groups in total. The van der Waals surface area contributed by atoms with Crippen LogP contribution in [0.2, 0.25) is 5.02 Å². The van der Waals surface area contributed by atoms with Crippen LogP contribution in [0.5, 0.6) is 0 Å². The number of rotatable bonds is 5. The number of halogens is 1. The molecule has 2 saturated heterocycles. The fourth-order valence-corrected chi connectivity index (χ4v) is 4.21. The Kier molecular flexibility index (Phi) is 6.73. The molecule has 0 spiro atoms. The van der Waals surface area contributed by atoms with E-state index in [0.717, 1.165) is 31.5 Å². The van der Waals surface area contributed by atoms with Gasteiger partial charge in [0.1, 0.15) is 0 Å². The first-order valence-corrected chi connectivity index (χ1v) is 9.94. The molecular weight excluding hydrogens is 366 g/mol. The summed E-state index contributed by atoms with van der Waals surface area (Å²) in [5.41, 5.74) is 0.417. The van der Waals surface area contributed by atoms with Gasteiger partial charge in [0.25, 0.3) is 0 Å². The quantitative estimate of drug-likeness (QED) is 0.824. The van der Waals surface area contributed by atoms with Crippen molar-refractivity contribution in [1.29, 1.82) is 0 Å². The highest BCUT2D eigenvalue weighted by Gasteiger charge is 2.43. The van der Waals surface area contributed by atoms with Crippen LogP contribution in [0.1, 0.15) is 18.4 Å². The number of amides is 2. The topological polar surface area (TPSA) is 61.9 Å². The van der Waals surface area contributed by atoms with Gasteiger partial charge in [-0.2, -0.15) is 0 Å². The molecule has 2 aliphatic heterocycles. The van der Waals surface area contributed by atoms with E-state index in [4.69, 9.17) is 16.3 Å². The molecule has 2 amide bonds. The van der Waals surface area contributed by atoms with Crippen LogP contribution in [0.15, 0.2) is 24.3 Å². The molecule has 2 heterocycles. The van der Waals surface area contributed by atoms with Crippen molar-refractivity contribution >= 4 is 23.4 Å². The molecule has 0 unspecified atom stereocenters. The summed E-state index contributed by atoms with van der Waals surface area (Å²) in [4.78, 5) is 29.5. The van der Waals surface area contributed by atoms with Crippen LogP contribution in [0.3, 0.4) is 0 Å².